The van der Waals surface area contributed by atoms with Crippen molar-refractivity contribution in [3.63, 3.8) is 0 Å². The smallest absolute Gasteiger partial charge is 0.416 e. The fourth-order valence-electron chi connectivity index (χ4n) is 9.28. The molecule has 4 rings (SSSR count). The van der Waals surface area contributed by atoms with E-state index in [9.17, 15) is 20.1 Å². The summed E-state index contributed by atoms with van der Waals surface area (Å²) in [5.41, 5.74) is -1.89. The summed E-state index contributed by atoms with van der Waals surface area (Å²) in [5.74, 6) is 0.576. The number of hydrogen-bond donors (Lipinski definition) is 4. The maximum Gasteiger partial charge on any atom is 0.416 e. The number of aliphatic hydroxyl groups excluding tert-OH is 2. The molecule has 0 heterocycles. The van der Waals surface area contributed by atoms with Gasteiger partial charge in [-0.1, -0.05) is 52.1 Å². The predicted octanol–water partition coefficient (Wildman–Crippen LogP) is 4.98. The molecular formula is C30H48N2O5S2. The van der Waals surface area contributed by atoms with Gasteiger partial charge in [0.15, 0.2) is 11.3 Å². The van der Waals surface area contributed by atoms with Crippen molar-refractivity contribution in [2.45, 2.75) is 83.9 Å². The average molecular weight is 581 g/mol. The Labute approximate surface area is 244 Å². The zero-order valence-corrected chi connectivity index (χ0v) is 26.2. The van der Waals surface area contributed by atoms with Gasteiger partial charge < -0.3 is 20.1 Å². The maximum atomic E-state index is 13.5. The summed E-state index contributed by atoms with van der Waals surface area (Å²) in [5, 5.41) is 37.2. The first-order valence-electron chi connectivity index (χ1n) is 14.4. The fourth-order valence-corrected chi connectivity index (χ4v) is 10.4. The van der Waals surface area contributed by atoms with Crippen molar-refractivity contribution in [3.05, 3.63) is 23.6 Å². The number of carbonyl (C=O) groups is 1. The molecule has 39 heavy (non-hydrogen) atoms. The van der Waals surface area contributed by atoms with Crippen molar-refractivity contribution in [1.82, 2.24) is 4.90 Å². The van der Waals surface area contributed by atoms with E-state index in [0.717, 1.165) is 12.8 Å². The number of amidine groups is 1. The van der Waals surface area contributed by atoms with Crippen LogP contribution in [0.2, 0.25) is 0 Å². The second kappa shape index (κ2) is 11.0. The molecule has 1 amide bonds. The summed E-state index contributed by atoms with van der Waals surface area (Å²) >= 11 is 6.22. The molecule has 0 aromatic heterocycles. The molecule has 3 N–H and O–H groups in total. The lowest BCUT2D eigenvalue weighted by atomic mass is 9.44. The largest absolute Gasteiger partial charge is 0.438 e. The SMILES string of the molecule is C=CSC(=NCC)N(C)C(=O)O[C@H]1C(C)=C[C@@]23C(C)C[C@H]4CC(C)(C)[C@H]4C(C)[C@H](CC(CO)[C@@H](S)[C@]12O)C3O. The monoisotopic (exact) mass is 580 g/mol. The van der Waals surface area contributed by atoms with E-state index < -0.39 is 34.6 Å². The summed E-state index contributed by atoms with van der Waals surface area (Å²) in [6.45, 7) is 16.8. The van der Waals surface area contributed by atoms with Crippen molar-refractivity contribution in [2.24, 2.45) is 51.3 Å². The molecule has 4 aliphatic rings. The Balaban J connectivity index is 1.80. The molecule has 4 unspecified atom stereocenters. The van der Waals surface area contributed by atoms with E-state index in [1.807, 2.05) is 19.9 Å². The van der Waals surface area contributed by atoms with Gasteiger partial charge in [-0.2, -0.15) is 12.6 Å². The second-order valence-electron chi connectivity index (χ2n) is 13.2. The molecule has 4 aliphatic carbocycles. The number of carbonyl (C=O) groups excluding carboxylic acids is 1. The molecule has 11 atom stereocenters. The van der Waals surface area contributed by atoms with Crippen molar-refractivity contribution in [1.29, 1.82) is 0 Å². The van der Waals surface area contributed by atoms with Crippen LogP contribution in [0.5, 0.6) is 0 Å². The van der Waals surface area contributed by atoms with Crippen molar-refractivity contribution in [2.75, 3.05) is 20.2 Å². The maximum absolute atomic E-state index is 13.5. The van der Waals surface area contributed by atoms with Gasteiger partial charge >= 0.3 is 6.09 Å². The first-order chi connectivity index (χ1) is 18.2. The number of thiol groups is 1. The molecule has 7 nitrogen and oxygen atoms in total. The average Bonchev–Trinajstić information content (AvgIpc) is 3.06. The molecular weight excluding hydrogens is 532 g/mol. The Bertz CT molecular complexity index is 1030. The van der Waals surface area contributed by atoms with Crippen LogP contribution in [0.4, 0.5) is 4.79 Å². The molecule has 0 radical (unpaired) electrons. The number of aliphatic hydroxyl groups is 3. The lowest BCUT2D eigenvalue weighted by molar-refractivity contribution is -0.207. The van der Waals surface area contributed by atoms with Crippen LogP contribution in [0, 0.1) is 46.3 Å². The molecule has 9 heteroatoms. The summed E-state index contributed by atoms with van der Waals surface area (Å²) in [4.78, 5) is 19.2. The van der Waals surface area contributed by atoms with E-state index in [-0.39, 0.29) is 35.7 Å². The van der Waals surface area contributed by atoms with E-state index in [1.165, 1.54) is 16.7 Å². The van der Waals surface area contributed by atoms with Crippen LogP contribution in [-0.4, -0.2) is 74.7 Å². The van der Waals surface area contributed by atoms with Gasteiger partial charge in [0.1, 0.15) is 5.60 Å². The molecule has 0 aromatic carbocycles. The second-order valence-corrected chi connectivity index (χ2v) is 14.7. The highest BCUT2D eigenvalue weighted by Crippen LogP contribution is 2.68. The number of rotatable bonds is 4. The predicted molar refractivity (Wildman–Crippen MR) is 161 cm³/mol. The summed E-state index contributed by atoms with van der Waals surface area (Å²) in [6, 6.07) is 0. The topological polar surface area (TPSA) is 103 Å². The van der Waals surface area contributed by atoms with E-state index >= 15 is 0 Å². The molecule has 0 aliphatic heterocycles. The molecule has 0 aromatic rings. The van der Waals surface area contributed by atoms with Gasteiger partial charge in [-0.3, -0.25) is 9.89 Å². The van der Waals surface area contributed by atoms with Crippen LogP contribution in [0.25, 0.3) is 0 Å². The minimum Gasteiger partial charge on any atom is -0.438 e. The lowest BCUT2D eigenvalue weighted by Gasteiger charge is -2.62. The quantitative estimate of drug-likeness (QED) is 0.162. The lowest BCUT2D eigenvalue weighted by Crippen LogP contribution is -2.68. The van der Waals surface area contributed by atoms with Gasteiger partial charge in [0.2, 0.25) is 0 Å². The molecule has 2 bridgehead atoms. The van der Waals surface area contributed by atoms with E-state index in [4.69, 9.17) is 17.4 Å². The van der Waals surface area contributed by atoms with Crippen LogP contribution in [0.15, 0.2) is 28.6 Å². The number of ether oxygens (including phenoxy) is 1. The van der Waals surface area contributed by atoms with Crippen LogP contribution in [0.1, 0.15) is 60.8 Å². The summed E-state index contributed by atoms with van der Waals surface area (Å²) < 4.78 is 6.13. The first kappa shape index (κ1) is 30.9. The van der Waals surface area contributed by atoms with Crippen molar-refractivity contribution >= 4 is 35.7 Å². The molecule has 1 spiro atoms. The number of hydrogen-bond acceptors (Lipinski definition) is 8. The fraction of sp³-hybridized carbons (Fsp3) is 0.800. The Morgan fingerprint density at radius 2 is 2.03 bits per heavy atom. The summed E-state index contributed by atoms with van der Waals surface area (Å²) in [6.07, 6.45) is 1.98. The molecule has 3 saturated carbocycles. The first-order valence-corrected chi connectivity index (χ1v) is 15.8. The third kappa shape index (κ3) is 4.53. The minimum absolute atomic E-state index is 0.0897. The third-order valence-electron chi connectivity index (χ3n) is 10.7. The van der Waals surface area contributed by atoms with Gasteiger partial charge in [0, 0.05) is 25.4 Å². The van der Waals surface area contributed by atoms with Crippen molar-refractivity contribution < 1.29 is 24.9 Å². The Morgan fingerprint density at radius 1 is 1.36 bits per heavy atom. The van der Waals surface area contributed by atoms with E-state index in [0.29, 0.717) is 35.5 Å². The Hall–Kier alpha value is -1.00. The van der Waals surface area contributed by atoms with Crippen molar-refractivity contribution in [3.8, 4) is 0 Å². The molecule has 0 saturated heterocycles. The highest BCUT2D eigenvalue weighted by molar-refractivity contribution is 8.16. The number of fused-ring (bicyclic) bond motifs is 2. The van der Waals surface area contributed by atoms with Crippen LogP contribution in [0.3, 0.4) is 0 Å². The van der Waals surface area contributed by atoms with Gasteiger partial charge in [-0.05, 0) is 85.0 Å². The highest BCUT2D eigenvalue weighted by Gasteiger charge is 2.73. The van der Waals surface area contributed by atoms with Gasteiger partial charge in [0.05, 0.1) is 11.5 Å². The van der Waals surface area contributed by atoms with Gasteiger partial charge in [0.25, 0.3) is 0 Å². The van der Waals surface area contributed by atoms with Crippen LogP contribution < -0.4 is 0 Å². The zero-order valence-electron chi connectivity index (χ0n) is 24.5. The highest BCUT2D eigenvalue weighted by atomic mass is 32.2. The summed E-state index contributed by atoms with van der Waals surface area (Å²) in [7, 11) is 1.59. The Kier molecular flexibility index (Phi) is 8.74. The van der Waals surface area contributed by atoms with E-state index in [1.54, 1.807) is 12.5 Å². The van der Waals surface area contributed by atoms with Gasteiger partial charge in [-0.15, -0.1) is 0 Å². The minimum atomic E-state index is -1.71. The zero-order chi connectivity index (χ0) is 29.1. The van der Waals surface area contributed by atoms with Gasteiger partial charge in [-0.25, -0.2) is 4.79 Å². The third-order valence-corrected chi connectivity index (χ3v) is 12.3. The van der Waals surface area contributed by atoms with Crippen LogP contribution >= 0.6 is 24.4 Å². The Morgan fingerprint density at radius 3 is 2.59 bits per heavy atom. The molecule has 220 valence electrons. The number of nitrogens with zero attached hydrogens (tertiary/aromatic N) is 2. The standard InChI is InChI=1S/C30H48N2O5S2/c1-9-31-26(39-10-2)32(8)27(35)37-24-16(3)13-29-17(4)11-19-14-28(6,7)22(19)18(5)21(23(29)34)12-20(15-33)25(38)30(24,29)36/h10,13,17-25,33-34,36,38H,2,9,11-12,14-15H2,1,3-8H3/t17?,18?,19-,20?,21-,22-,23?,24-,25+,29-,30+/m0/s1. The van der Waals surface area contributed by atoms with Crippen LogP contribution in [-0.2, 0) is 4.74 Å². The van der Waals surface area contributed by atoms with E-state index in [2.05, 4.69) is 39.3 Å². The number of amides is 1. The number of thioether (sulfide) groups is 1. The number of aliphatic imine (C=N–C) groups is 1. The molecule has 3 fully saturated rings. The normalized spacial score (nSPS) is 44.9.